The maximum atomic E-state index is 11.8. The van der Waals surface area contributed by atoms with E-state index in [9.17, 15) is 4.79 Å². The molecular weight excluding hydrogens is 218 g/mol. The number of anilines is 1. The van der Waals surface area contributed by atoms with Gasteiger partial charge in [0.25, 0.3) is 0 Å². The molecule has 1 aromatic carbocycles. The molecule has 1 aromatic heterocycles. The lowest BCUT2D eigenvalue weighted by Gasteiger charge is -2.04. The number of nitrogens with zero attached hydrogens (tertiary/aromatic N) is 2. The molecule has 17 heavy (non-hydrogen) atoms. The number of nitrogens with two attached hydrogens (primary N) is 1. The standard InChI is InChI=1S/C12H13N3O2/c1-8-3-5-9(6-4-8)17-12(16)10-7-11(13)14-15(10)2/h3-7H,1-2H3,(H2,13,14). The topological polar surface area (TPSA) is 70.1 Å². The molecule has 0 amide bonds. The van der Waals surface area contributed by atoms with Gasteiger partial charge in [0, 0.05) is 13.1 Å². The fraction of sp³-hybridized carbons (Fsp3) is 0.167. The van der Waals surface area contributed by atoms with Gasteiger partial charge >= 0.3 is 5.97 Å². The molecule has 5 nitrogen and oxygen atoms in total. The van der Waals surface area contributed by atoms with Crippen molar-refractivity contribution in [3.8, 4) is 5.75 Å². The van der Waals surface area contributed by atoms with Crippen LogP contribution in [0.4, 0.5) is 5.82 Å². The van der Waals surface area contributed by atoms with Gasteiger partial charge in [-0.25, -0.2) is 4.79 Å². The number of hydrogen-bond acceptors (Lipinski definition) is 4. The van der Waals surface area contributed by atoms with Crippen molar-refractivity contribution in [2.75, 3.05) is 5.73 Å². The molecular formula is C12H13N3O2. The smallest absolute Gasteiger partial charge is 0.362 e. The van der Waals surface area contributed by atoms with Gasteiger partial charge in [-0.2, -0.15) is 5.10 Å². The fourth-order valence-electron chi connectivity index (χ4n) is 1.45. The van der Waals surface area contributed by atoms with Crippen LogP contribution in [0.25, 0.3) is 0 Å². The second kappa shape index (κ2) is 4.29. The Balaban J connectivity index is 2.17. The summed E-state index contributed by atoms with van der Waals surface area (Å²) >= 11 is 0. The molecule has 0 fully saturated rings. The Morgan fingerprint density at radius 1 is 1.35 bits per heavy atom. The van der Waals surface area contributed by atoms with Crippen LogP contribution in [0.2, 0.25) is 0 Å². The van der Waals surface area contributed by atoms with Crippen molar-refractivity contribution in [3.05, 3.63) is 41.6 Å². The minimum Gasteiger partial charge on any atom is -0.422 e. The maximum Gasteiger partial charge on any atom is 0.362 e. The number of carbonyl (C=O) groups excluding carboxylic acids is 1. The number of carbonyl (C=O) groups is 1. The molecule has 0 aliphatic heterocycles. The summed E-state index contributed by atoms with van der Waals surface area (Å²) in [5.74, 6) is 0.323. The highest BCUT2D eigenvalue weighted by Gasteiger charge is 2.14. The maximum absolute atomic E-state index is 11.8. The van der Waals surface area contributed by atoms with Crippen molar-refractivity contribution in [1.29, 1.82) is 0 Å². The lowest BCUT2D eigenvalue weighted by molar-refractivity contribution is 0.0723. The highest BCUT2D eigenvalue weighted by Crippen LogP contribution is 2.14. The van der Waals surface area contributed by atoms with Crippen LogP contribution in [0.3, 0.4) is 0 Å². The van der Waals surface area contributed by atoms with Gasteiger partial charge in [-0.1, -0.05) is 17.7 Å². The van der Waals surface area contributed by atoms with Gasteiger partial charge in [0.05, 0.1) is 0 Å². The van der Waals surface area contributed by atoms with E-state index < -0.39 is 5.97 Å². The first-order chi connectivity index (χ1) is 8.06. The molecule has 2 rings (SSSR count). The van der Waals surface area contributed by atoms with Gasteiger partial charge in [0.15, 0.2) is 0 Å². The molecule has 0 saturated heterocycles. The van der Waals surface area contributed by atoms with Gasteiger partial charge in [0.1, 0.15) is 17.3 Å². The van der Waals surface area contributed by atoms with Crippen LogP contribution < -0.4 is 10.5 Å². The van der Waals surface area contributed by atoms with Crippen LogP contribution in [-0.4, -0.2) is 15.7 Å². The third kappa shape index (κ3) is 2.44. The Kier molecular flexibility index (Phi) is 2.82. The first-order valence-electron chi connectivity index (χ1n) is 5.14. The first-order valence-corrected chi connectivity index (χ1v) is 5.14. The molecule has 5 heteroatoms. The average Bonchev–Trinajstić information content (AvgIpc) is 2.61. The Bertz CT molecular complexity index is 543. The molecule has 0 aliphatic carbocycles. The fourth-order valence-corrected chi connectivity index (χ4v) is 1.45. The van der Waals surface area contributed by atoms with Gasteiger partial charge < -0.3 is 10.5 Å². The zero-order valence-electron chi connectivity index (χ0n) is 9.68. The molecule has 1 heterocycles. The SMILES string of the molecule is Cc1ccc(OC(=O)c2cc(N)nn2C)cc1. The molecule has 0 bridgehead atoms. The van der Waals surface area contributed by atoms with Crippen molar-refractivity contribution in [3.63, 3.8) is 0 Å². The quantitative estimate of drug-likeness (QED) is 0.628. The van der Waals surface area contributed by atoms with Crippen molar-refractivity contribution >= 4 is 11.8 Å². The van der Waals surface area contributed by atoms with Crippen LogP contribution in [0.1, 0.15) is 16.1 Å². The van der Waals surface area contributed by atoms with Crippen molar-refractivity contribution < 1.29 is 9.53 Å². The van der Waals surface area contributed by atoms with Crippen molar-refractivity contribution in [2.45, 2.75) is 6.92 Å². The van der Waals surface area contributed by atoms with E-state index in [4.69, 9.17) is 10.5 Å². The molecule has 0 spiro atoms. The summed E-state index contributed by atoms with van der Waals surface area (Å²) in [5.41, 5.74) is 6.92. The van der Waals surface area contributed by atoms with E-state index in [1.54, 1.807) is 19.2 Å². The molecule has 0 unspecified atom stereocenters. The highest BCUT2D eigenvalue weighted by atomic mass is 16.5. The van der Waals surface area contributed by atoms with Crippen LogP contribution >= 0.6 is 0 Å². The van der Waals surface area contributed by atoms with E-state index in [2.05, 4.69) is 5.10 Å². The Labute approximate surface area is 98.8 Å². The van der Waals surface area contributed by atoms with E-state index in [1.807, 2.05) is 19.1 Å². The zero-order chi connectivity index (χ0) is 12.4. The summed E-state index contributed by atoms with van der Waals surface area (Å²) in [6, 6.07) is 8.72. The van der Waals surface area contributed by atoms with Crippen LogP contribution in [-0.2, 0) is 7.05 Å². The number of aryl methyl sites for hydroxylation is 2. The van der Waals surface area contributed by atoms with E-state index in [-0.39, 0.29) is 0 Å². The van der Waals surface area contributed by atoms with E-state index in [0.717, 1.165) is 5.56 Å². The zero-order valence-corrected chi connectivity index (χ0v) is 9.68. The lowest BCUT2D eigenvalue weighted by atomic mass is 10.2. The summed E-state index contributed by atoms with van der Waals surface area (Å²) in [6.07, 6.45) is 0. The molecule has 0 aliphatic rings. The van der Waals surface area contributed by atoms with Gasteiger partial charge in [-0.3, -0.25) is 4.68 Å². The summed E-state index contributed by atoms with van der Waals surface area (Å²) in [5, 5.41) is 3.88. The summed E-state index contributed by atoms with van der Waals surface area (Å²) in [4.78, 5) is 11.8. The van der Waals surface area contributed by atoms with Crippen LogP contribution in [0, 0.1) is 6.92 Å². The number of hydrogen-bond donors (Lipinski definition) is 1. The number of aromatic nitrogens is 2. The molecule has 0 saturated carbocycles. The minimum absolute atomic E-state index is 0.295. The van der Waals surface area contributed by atoms with E-state index in [1.165, 1.54) is 10.7 Å². The second-order valence-electron chi connectivity index (χ2n) is 3.78. The third-order valence-electron chi connectivity index (χ3n) is 2.34. The predicted molar refractivity (Wildman–Crippen MR) is 63.8 cm³/mol. The monoisotopic (exact) mass is 231 g/mol. The number of benzene rings is 1. The van der Waals surface area contributed by atoms with Crippen molar-refractivity contribution in [1.82, 2.24) is 9.78 Å². The van der Waals surface area contributed by atoms with Gasteiger partial charge in [-0.15, -0.1) is 0 Å². The van der Waals surface area contributed by atoms with E-state index >= 15 is 0 Å². The first kappa shape index (κ1) is 11.2. The highest BCUT2D eigenvalue weighted by molar-refractivity contribution is 5.90. The number of nitrogen functional groups attached to an aromatic ring is 1. The van der Waals surface area contributed by atoms with Gasteiger partial charge in [0.2, 0.25) is 0 Å². The summed E-state index contributed by atoms with van der Waals surface area (Å²) < 4.78 is 6.59. The lowest BCUT2D eigenvalue weighted by Crippen LogP contribution is -2.13. The second-order valence-corrected chi connectivity index (χ2v) is 3.78. The predicted octanol–water partition coefficient (Wildman–Crippen LogP) is 1.53. The number of esters is 1. The Hall–Kier alpha value is -2.30. The van der Waals surface area contributed by atoms with Crippen molar-refractivity contribution in [2.24, 2.45) is 7.05 Å². The summed E-state index contributed by atoms with van der Waals surface area (Å²) in [6.45, 7) is 1.97. The molecule has 2 aromatic rings. The Morgan fingerprint density at radius 2 is 2.00 bits per heavy atom. The third-order valence-corrected chi connectivity index (χ3v) is 2.34. The molecule has 88 valence electrons. The average molecular weight is 231 g/mol. The molecule has 0 atom stereocenters. The van der Waals surface area contributed by atoms with Gasteiger partial charge in [-0.05, 0) is 19.1 Å². The minimum atomic E-state index is -0.472. The number of ether oxygens (including phenoxy) is 1. The Morgan fingerprint density at radius 3 is 2.53 bits per heavy atom. The summed E-state index contributed by atoms with van der Waals surface area (Å²) in [7, 11) is 1.64. The normalized spacial score (nSPS) is 10.2. The van der Waals surface area contributed by atoms with Crippen LogP contribution in [0.15, 0.2) is 30.3 Å². The molecule has 0 radical (unpaired) electrons. The largest absolute Gasteiger partial charge is 0.422 e. The molecule has 2 N–H and O–H groups in total. The van der Waals surface area contributed by atoms with Crippen LogP contribution in [0.5, 0.6) is 5.75 Å². The van der Waals surface area contributed by atoms with E-state index in [0.29, 0.717) is 17.3 Å². The number of rotatable bonds is 2.